The molecular formula is C22H23ClN4O4. The molecule has 0 radical (unpaired) electrons. The number of fused-ring (bicyclic) bond motifs is 1. The maximum absolute atomic E-state index is 12.8. The number of methoxy groups -OCH3 is 1. The Balaban J connectivity index is 1.50. The van der Waals surface area contributed by atoms with Crippen molar-refractivity contribution in [3.8, 4) is 0 Å². The van der Waals surface area contributed by atoms with Gasteiger partial charge in [0.15, 0.2) is 0 Å². The molecule has 9 heteroatoms. The van der Waals surface area contributed by atoms with E-state index in [1.54, 1.807) is 48.4 Å². The van der Waals surface area contributed by atoms with Gasteiger partial charge in [0.1, 0.15) is 11.9 Å². The van der Waals surface area contributed by atoms with Crippen LogP contribution in [0.1, 0.15) is 28.6 Å². The maximum Gasteiger partial charge on any atom is 0.251 e. The van der Waals surface area contributed by atoms with Gasteiger partial charge in [0.25, 0.3) is 5.91 Å². The standard InChI is InChI=1S/C22H23ClN4O4/c1-30-13-19(21-24-17-7-4-15(23)12-18(17)25-21)26-22(29)14-2-5-16(6-3-14)27-9-11-31-10-8-20(27)28/h2-7,12,19H,8-11,13H2,1H3,(H,24,25)(H,26,29)/t19-/m0/s1. The Bertz CT molecular complexity index is 1080. The highest BCUT2D eigenvalue weighted by Crippen LogP contribution is 2.22. The smallest absolute Gasteiger partial charge is 0.251 e. The van der Waals surface area contributed by atoms with E-state index in [1.165, 1.54) is 0 Å². The summed E-state index contributed by atoms with van der Waals surface area (Å²) < 4.78 is 10.6. The number of rotatable bonds is 6. The van der Waals surface area contributed by atoms with Crippen molar-refractivity contribution in [3.05, 3.63) is 58.9 Å². The molecule has 2 amide bonds. The van der Waals surface area contributed by atoms with E-state index in [4.69, 9.17) is 21.1 Å². The quantitative estimate of drug-likeness (QED) is 0.611. The topological polar surface area (TPSA) is 96.6 Å². The van der Waals surface area contributed by atoms with Crippen LogP contribution in [0.5, 0.6) is 0 Å². The van der Waals surface area contributed by atoms with Gasteiger partial charge in [-0.2, -0.15) is 0 Å². The molecule has 1 fully saturated rings. The number of anilines is 1. The SMILES string of the molecule is COC[C@H](NC(=O)c1ccc(N2CCOCCC2=O)cc1)c1nc2ccc(Cl)cc2[nH]1. The van der Waals surface area contributed by atoms with Crippen LogP contribution in [0, 0.1) is 0 Å². The van der Waals surface area contributed by atoms with Crippen molar-refractivity contribution < 1.29 is 19.1 Å². The molecule has 1 aromatic heterocycles. The Hall–Kier alpha value is -2.94. The minimum atomic E-state index is -0.465. The number of nitrogens with zero attached hydrogens (tertiary/aromatic N) is 2. The molecule has 0 bridgehead atoms. The number of nitrogens with one attached hydrogen (secondary N) is 2. The second kappa shape index (κ2) is 9.47. The molecule has 1 aliphatic heterocycles. The van der Waals surface area contributed by atoms with E-state index < -0.39 is 6.04 Å². The lowest BCUT2D eigenvalue weighted by atomic mass is 10.1. The Morgan fingerprint density at radius 1 is 1.29 bits per heavy atom. The van der Waals surface area contributed by atoms with Crippen LogP contribution in [-0.2, 0) is 14.3 Å². The molecule has 4 rings (SSSR count). The summed E-state index contributed by atoms with van der Waals surface area (Å²) in [7, 11) is 1.56. The summed E-state index contributed by atoms with van der Waals surface area (Å²) in [6.07, 6.45) is 0.351. The minimum absolute atomic E-state index is 0.0137. The van der Waals surface area contributed by atoms with Crippen molar-refractivity contribution in [2.45, 2.75) is 12.5 Å². The molecule has 0 unspecified atom stereocenters. The highest BCUT2D eigenvalue weighted by atomic mass is 35.5. The summed E-state index contributed by atoms with van der Waals surface area (Å²) in [6, 6.07) is 11.8. The zero-order valence-corrected chi connectivity index (χ0v) is 17.8. The highest BCUT2D eigenvalue weighted by molar-refractivity contribution is 6.31. The Kier molecular flexibility index (Phi) is 6.50. The molecule has 8 nitrogen and oxygen atoms in total. The number of amides is 2. The van der Waals surface area contributed by atoms with E-state index in [0.717, 1.165) is 16.7 Å². The number of halogens is 1. The van der Waals surface area contributed by atoms with Crippen molar-refractivity contribution in [1.29, 1.82) is 0 Å². The lowest BCUT2D eigenvalue weighted by Gasteiger charge is -2.20. The molecule has 0 aliphatic carbocycles. The first-order chi connectivity index (χ1) is 15.0. The van der Waals surface area contributed by atoms with Crippen LogP contribution >= 0.6 is 11.6 Å². The van der Waals surface area contributed by atoms with Crippen LogP contribution in [0.2, 0.25) is 5.02 Å². The fraction of sp³-hybridized carbons (Fsp3) is 0.318. The lowest BCUT2D eigenvalue weighted by molar-refractivity contribution is -0.118. The molecule has 3 aromatic rings. The molecule has 1 atom stereocenters. The number of aromatic amines is 1. The second-order valence-electron chi connectivity index (χ2n) is 7.22. The Morgan fingerprint density at radius 3 is 2.87 bits per heavy atom. The highest BCUT2D eigenvalue weighted by Gasteiger charge is 2.21. The number of hydrogen-bond acceptors (Lipinski definition) is 5. The first-order valence-electron chi connectivity index (χ1n) is 9.98. The largest absolute Gasteiger partial charge is 0.382 e. The Morgan fingerprint density at radius 2 is 2.10 bits per heavy atom. The molecule has 1 saturated heterocycles. The van der Waals surface area contributed by atoms with E-state index in [0.29, 0.717) is 42.6 Å². The van der Waals surface area contributed by atoms with E-state index in [1.807, 2.05) is 6.07 Å². The van der Waals surface area contributed by atoms with Crippen molar-refractivity contribution in [3.63, 3.8) is 0 Å². The van der Waals surface area contributed by atoms with Gasteiger partial charge in [0.05, 0.1) is 37.3 Å². The number of ether oxygens (including phenoxy) is 2. The van der Waals surface area contributed by atoms with E-state index in [-0.39, 0.29) is 18.4 Å². The van der Waals surface area contributed by atoms with Gasteiger partial charge in [-0.15, -0.1) is 0 Å². The average Bonchev–Trinajstić information content (AvgIpc) is 3.06. The molecule has 2 heterocycles. The molecule has 0 saturated carbocycles. The van der Waals surface area contributed by atoms with Crippen LogP contribution in [0.15, 0.2) is 42.5 Å². The molecule has 0 spiro atoms. The fourth-order valence-electron chi connectivity index (χ4n) is 3.51. The van der Waals surface area contributed by atoms with Crippen LogP contribution in [-0.4, -0.2) is 55.3 Å². The van der Waals surface area contributed by atoms with E-state index >= 15 is 0 Å². The van der Waals surface area contributed by atoms with Crippen molar-refractivity contribution >= 4 is 40.1 Å². The predicted molar refractivity (Wildman–Crippen MR) is 117 cm³/mol. The number of carbonyl (C=O) groups is 2. The van der Waals surface area contributed by atoms with Crippen LogP contribution in [0.3, 0.4) is 0 Å². The number of H-pyrrole nitrogens is 1. The van der Waals surface area contributed by atoms with Crippen molar-refractivity contribution in [2.75, 3.05) is 38.4 Å². The summed E-state index contributed by atoms with van der Waals surface area (Å²) in [6.45, 7) is 1.68. The third kappa shape index (κ3) is 4.87. The predicted octanol–water partition coefficient (Wildman–Crippen LogP) is 3.09. The van der Waals surface area contributed by atoms with Gasteiger partial charge in [0, 0.05) is 29.9 Å². The number of benzene rings is 2. The van der Waals surface area contributed by atoms with Crippen molar-refractivity contribution in [2.24, 2.45) is 0 Å². The summed E-state index contributed by atoms with van der Waals surface area (Å²) >= 11 is 6.05. The monoisotopic (exact) mass is 442 g/mol. The molecule has 31 heavy (non-hydrogen) atoms. The van der Waals surface area contributed by atoms with Gasteiger partial charge < -0.3 is 24.7 Å². The second-order valence-corrected chi connectivity index (χ2v) is 7.66. The fourth-order valence-corrected chi connectivity index (χ4v) is 3.68. The van der Waals surface area contributed by atoms with Gasteiger partial charge in [0.2, 0.25) is 5.91 Å². The average molecular weight is 443 g/mol. The number of imidazole rings is 1. The van der Waals surface area contributed by atoms with E-state index in [2.05, 4.69) is 15.3 Å². The van der Waals surface area contributed by atoms with Gasteiger partial charge in [-0.1, -0.05) is 11.6 Å². The third-order valence-electron chi connectivity index (χ3n) is 5.09. The maximum atomic E-state index is 12.8. The van der Waals surface area contributed by atoms with Gasteiger partial charge in [-0.25, -0.2) is 4.98 Å². The molecule has 1 aliphatic rings. The van der Waals surface area contributed by atoms with E-state index in [9.17, 15) is 9.59 Å². The molecule has 2 aromatic carbocycles. The molecular weight excluding hydrogens is 420 g/mol. The number of carbonyl (C=O) groups excluding carboxylic acids is 2. The van der Waals surface area contributed by atoms with Gasteiger partial charge in [-0.05, 0) is 42.5 Å². The van der Waals surface area contributed by atoms with Crippen LogP contribution < -0.4 is 10.2 Å². The summed E-state index contributed by atoms with van der Waals surface area (Å²) in [5.41, 5.74) is 2.76. The van der Waals surface area contributed by atoms with Crippen molar-refractivity contribution in [1.82, 2.24) is 15.3 Å². The summed E-state index contributed by atoms with van der Waals surface area (Å²) in [5.74, 6) is 0.330. The molecule has 162 valence electrons. The first kappa shape index (κ1) is 21.3. The normalized spacial score (nSPS) is 15.7. The lowest BCUT2D eigenvalue weighted by Crippen LogP contribution is -2.33. The van der Waals surface area contributed by atoms with Gasteiger partial charge in [-0.3, -0.25) is 9.59 Å². The first-order valence-corrected chi connectivity index (χ1v) is 10.4. The zero-order chi connectivity index (χ0) is 21.8. The van der Waals surface area contributed by atoms with Crippen LogP contribution in [0.4, 0.5) is 5.69 Å². The molecule has 2 N–H and O–H groups in total. The summed E-state index contributed by atoms with van der Waals surface area (Å²) in [5, 5.41) is 3.55. The third-order valence-corrected chi connectivity index (χ3v) is 5.33. The number of aromatic nitrogens is 2. The number of hydrogen-bond donors (Lipinski definition) is 2. The Labute approximate surface area is 184 Å². The van der Waals surface area contributed by atoms with Gasteiger partial charge >= 0.3 is 0 Å². The minimum Gasteiger partial charge on any atom is -0.382 e. The zero-order valence-electron chi connectivity index (χ0n) is 17.1. The van der Waals surface area contributed by atoms with Crippen LogP contribution in [0.25, 0.3) is 11.0 Å². The summed E-state index contributed by atoms with van der Waals surface area (Å²) in [4.78, 5) is 34.5.